The second-order valence-electron chi connectivity index (χ2n) is 4.19. The van der Waals surface area contributed by atoms with Crippen molar-refractivity contribution in [3.05, 3.63) is 66.2 Å². The molecule has 0 heterocycles. The highest BCUT2D eigenvalue weighted by Crippen LogP contribution is 2.19. The third-order valence-electron chi connectivity index (χ3n) is 2.59. The number of hydrogen-bond donors (Lipinski definition) is 0. The van der Waals surface area contributed by atoms with Gasteiger partial charge in [-0.3, -0.25) is 4.79 Å². The average molecular weight is 273 g/mol. The number of carbonyl (C=O) groups excluding carboxylic acids is 1. The Bertz CT molecular complexity index is 672. The lowest BCUT2D eigenvalue weighted by atomic mass is 10.2. The summed E-state index contributed by atoms with van der Waals surface area (Å²) >= 11 is 0. The van der Waals surface area contributed by atoms with Gasteiger partial charge in [-0.15, -0.1) is 0 Å². The molecule has 0 saturated heterocycles. The molecular weight excluding hydrogens is 258 g/mol. The molecule has 0 radical (unpaired) electrons. The van der Waals surface area contributed by atoms with Crippen LogP contribution in [0.5, 0.6) is 0 Å². The lowest BCUT2D eigenvalue weighted by molar-refractivity contribution is -0.115. The second-order valence-corrected chi connectivity index (χ2v) is 6.42. The van der Waals surface area contributed by atoms with Gasteiger partial charge in [-0.2, -0.15) is 4.36 Å². The fraction of sp³-hybridized carbons (Fsp3) is 0.133. The van der Waals surface area contributed by atoms with Crippen molar-refractivity contribution >= 4 is 15.6 Å². The predicted molar refractivity (Wildman–Crippen MR) is 76.1 cm³/mol. The van der Waals surface area contributed by atoms with Crippen molar-refractivity contribution in [1.82, 2.24) is 0 Å². The van der Waals surface area contributed by atoms with Gasteiger partial charge in [-0.25, -0.2) is 4.21 Å². The number of nitrogens with zero attached hydrogens (tertiary/aromatic N) is 1. The third kappa shape index (κ3) is 3.51. The minimum atomic E-state index is -2.74. The maximum absolute atomic E-state index is 13.0. The SMILES string of the molecule is CC(=O)N=S(=O)(Cc1ccccc1)c1ccccc1. The summed E-state index contributed by atoms with van der Waals surface area (Å²) in [6, 6.07) is 18.4. The van der Waals surface area contributed by atoms with E-state index in [0.29, 0.717) is 4.90 Å². The Balaban J connectivity index is 2.49. The van der Waals surface area contributed by atoms with Crippen LogP contribution in [0.15, 0.2) is 69.9 Å². The van der Waals surface area contributed by atoms with E-state index >= 15 is 0 Å². The predicted octanol–water partition coefficient (Wildman–Crippen LogP) is 3.26. The molecule has 0 saturated carbocycles. The second kappa shape index (κ2) is 5.80. The first-order valence-electron chi connectivity index (χ1n) is 5.94. The highest BCUT2D eigenvalue weighted by Gasteiger charge is 2.14. The Labute approximate surface area is 113 Å². The van der Waals surface area contributed by atoms with Crippen LogP contribution in [0.3, 0.4) is 0 Å². The number of amides is 1. The topological polar surface area (TPSA) is 46.5 Å². The van der Waals surface area contributed by atoms with E-state index in [1.54, 1.807) is 24.3 Å². The molecule has 0 bridgehead atoms. The summed E-state index contributed by atoms with van der Waals surface area (Å²) in [4.78, 5) is 11.9. The van der Waals surface area contributed by atoms with Crippen LogP contribution in [-0.4, -0.2) is 10.1 Å². The van der Waals surface area contributed by atoms with Gasteiger partial charge in [0.2, 0.25) is 0 Å². The third-order valence-corrected chi connectivity index (χ3v) is 4.88. The molecule has 2 rings (SSSR count). The molecule has 0 aliphatic rings. The van der Waals surface area contributed by atoms with Crippen LogP contribution in [0.25, 0.3) is 0 Å². The van der Waals surface area contributed by atoms with Gasteiger partial charge in [0, 0.05) is 11.8 Å². The Kier molecular flexibility index (Phi) is 4.12. The molecule has 1 amide bonds. The molecule has 4 heteroatoms. The van der Waals surface area contributed by atoms with Gasteiger partial charge in [0.1, 0.15) is 0 Å². The van der Waals surface area contributed by atoms with Gasteiger partial charge < -0.3 is 0 Å². The van der Waals surface area contributed by atoms with Gasteiger partial charge >= 0.3 is 0 Å². The molecular formula is C15H15NO2S. The molecule has 0 spiro atoms. The van der Waals surface area contributed by atoms with Crippen LogP contribution in [0.4, 0.5) is 0 Å². The van der Waals surface area contributed by atoms with Crippen LogP contribution < -0.4 is 0 Å². The van der Waals surface area contributed by atoms with Crippen molar-refractivity contribution in [2.24, 2.45) is 4.36 Å². The van der Waals surface area contributed by atoms with Crippen LogP contribution in [0.2, 0.25) is 0 Å². The largest absolute Gasteiger partial charge is 0.272 e. The Morgan fingerprint density at radius 3 is 2.05 bits per heavy atom. The summed E-state index contributed by atoms with van der Waals surface area (Å²) in [6.45, 7) is 1.33. The van der Waals surface area contributed by atoms with Crippen molar-refractivity contribution in [2.45, 2.75) is 17.6 Å². The molecule has 0 fully saturated rings. The van der Waals surface area contributed by atoms with Crippen LogP contribution in [0, 0.1) is 0 Å². The zero-order chi connectivity index (χ0) is 13.7. The summed E-state index contributed by atoms with van der Waals surface area (Å²) in [7, 11) is -2.74. The summed E-state index contributed by atoms with van der Waals surface area (Å²) in [5, 5.41) is 0. The van der Waals surface area contributed by atoms with Gasteiger partial charge in [0.15, 0.2) is 0 Å². The Morgan fingerprint density at radius 2 is 1.53 bits per heavy atom. The van der Waals surface area contributed by atoms with E-state index in [2.05, 4.69) is 4.36 Å². The normalized spacial score (nSPS) is 13.5. The van der Waals surface area contributed by atoms with Crippen molar-refractivity contribution < 1.29 is 9.00 Å². The zero-order valence-electron chi connectivity index (χ0n) is 10.7. The van der Waals surface area contributed by atoms with Gasteiger partial charge in [-0.05, 0) is 17.7 Å². The molecule has 0 aromatic heterocycles. The Hall–Kier alpha value is -1.94. The highest BCUT2D eigenvalue weighted by atomic mass is 32.2. The lowest BCUT2D eigenvalue weighted by Crippen LogP contribution is -2.07. The number of carbonyl (C=O) groups is 1. The molecule has 0 aliphatic heterocycles. The monoisotopic (exact) mass is 273 g/mol. The quantitative estimate of drug-likeness (QED) is 0.861. The van der Waals surface area contributed by atoms with E-state index in [4.69, 9.17) is 0 Å². The fourth-order valence-electron chi connectivity index (χ4n) is 1.81. The van der Waals surface area contributed by atoms with Gasteiger partial charge in [0.25, 0.3) is 5.91 Å². The van der Waals surface area contributed by atoms with Crippen LogP contribution in [-0.2, 0) is 20.3 Å². The van der Waals surface area contributed by atoms with Crippen molar-refractivity contribution in [2.75, 3.05) is 0 Å². The van der Waals surface area contributed by atoms with E-state index in [-0.39, 0.29) is 5.75 Å². The van der Waals surface area contributed by atoms with E-state index < -0.39 is 15.6 Å². The van der Waals surface area contributed by atoms with Crippen molar-refractivity contribution in [3.63, 3.8) is 0 Å². The first kappa shape index (κ1) is 13.5. The maximum Gasteiger partial charge on any atom is 0.250 e. The summed E-state index contributed by atoms with van der Waals surface area (Å²) in [6.07, 6.45) is 0. The molecule has 1 unspecified atom stereocenters. The molecule has 3 nitrogen and oxygen atoms in total. The fourth-order valence-corrected chi connectivity index (χ4v) is 3.79. The smallest absolute Gasteiger partial charge is 0.250 e. The first-order valence-corrected chi connectivity index (χ1v) is 7.63. The lowest BCUT2D eigenvalue weighted by Gasteiger charge is -2.09. The van der Waals surface area contributed by atoms with Crippen LogP contribution >= 0.6 is 0 Å². The Morgan fingerprint density at radius 1 is 1.00 bits per heavy atom. The molecule has 0 aliphatic carbocycles. The number of rotatable bonds is 3. The van der Waals surface area contributed by atoms with E-state index in [1.807, 2.05) is 36.4 Å². The number of benzene rings is 2. The van der Waals surface area contributed by atoms with Crippen molar-refractivity contribution in [3.8, 4) is 0 Å². The van der Waals surface area contributed by atoms with E-state index in [0.717, 1.165) is 5.56 Å². The minimum absolute atomic E-state index is 0.247. The molecule has 98 valence electrons. The number of hydrogen-bond acceptors (Lipinski definition) is 2. The molecule has 2 aromatic rings. The highest BCUT2D eigenvalue weighted by molar-refractivity contribution is 7.93. The maximum atomic E-state index is 13.0. The first-order chi connectivity index (χ1) is 9.10. The van der Waals surface area contributed by atoms with Crippen molar-refractivity contribution in [1.29, 1.82) is 0 Å². The van der Waals surface area contributed by atoms with Gasteiger partial charge in [0.05, 0.1) is 15.5 Å². The molecule has 19 heavy (non-hydrogen) atoms. The van der Waals surface area contributed by atoms with Gasteiger partial charge in [-0.1, -0.05) is 48.5 Å². The van der Waals surface area contributed by atoms with Crippen LogP contribution in [0.1, 0.15) is 12.5 Å². The van der Waals surface area contributed by atoms with E-state index in [1.165, 1.54) is 6.92 Å². The standard InChI is InChI=1S/C15H15NO2S/c1-13(17)16-19(18,15-10-6-3-7-11-15)12-14-8-4-2-5-9-14/h2-11H,12H2,1H3. The molecule has 0 N–H and O–H groups in total. The zero-order valence-corrected chi connectivity index (χ0v) is 11.5. The molecule has 1 atom stereocenters. The summed E-state index contributed by atoms with van der Waals surface area (Å²) < 4.78 is 16.8. The van der Waals surface area contributed by atoms with E-state index in [9.17, 15) is 9.00 Å². The minimum Gasteiger partial charge on any atom is -0.272 e. The molecule has 2 aromatic carbocycles. The summed E-state index contributed by atoms with van der Waals surface area (Å²) in [5.74, 6) is -0.165. The summed E-state index contributed by atoms with van der Waals surface area (Å²) in [5.41, 5.74) is 0.904. The average Bonchev–Trinajstić information content (AvgIpc) is 2.40.